The van der Waals surface area contributed by atoms with E-state index < -0.39 is 24.7 Å². The molecular weight excluding hydrogens is 261 g/mol. The highest BCUT2D eigenvalue weighted by Crippen LogP contribution is 2.27. The smallest absolute Gasteiger partial charge is 0.405 e. The molecule has 4 nitrogen and oxygen atoms in total. The zero-order valence-corrected chi connectivity index (χ0v) is 10.5. The van der Waals surface area contributed by atoms with E-state index in [-0.39, 0.29) is 16.9 Å². The molecule has 0 aliphatic carbocycles. The average molecular weight is 276 g/mol. The van der Waals surface area contributed by atoms with Crippen molar-refractivity contribution in [1.29, 1.82) is 0 Å². The molecule has 1 aromatic carbocycles. The van der Waals surface area contributed by atoms with E-state index >= 15 is 0 Å². The van der Waals surface area contributed by atoms with Crippen molar-refractivity contribution in [2.75, 3.05) is 17.2 Å². The lowest BCUT2D eigenvalue weighted by Gasteiger charge is -2.30. The van der Waals surface area contributed by atoms with Crippen molar-refractivity contribution in [3.8, 4) is 0 Å². The molecule has 1 aromatic rings. The highest BCUT2D eigenvalue weighted by atomic mass is 19.4. The van der Waals surface area contributed by atoms with Crippen LogP contribution >= 0.6 is 0 Å². The number of hydrogen-bond acceptors (Lipinski definition) is 3. The van der Waals surface area contributed by atoms with Gasteiger partial charge in [-0.05, 0) is 32.0 Å². The van der Waals surface area contributed by atoms with E-state index in [1.807, 2.05) is 0 Å². The van der Waals surface area contributed by atoms with Crippen LogP contribution in [0.2, 0.25) is 0 Å². The molecule has 106 valence electrons. The van der Waals surface area contributed by atoms with Crippen LogP contribution in [0.25, 0.3) is 0 Å². The van der Waals surface area contributed by atoms with E-state index in [1.165, 1.54) is 12.1 Å². The third-order valence-corrected chi connectivity index (χ3v) is 2.57. The predicted octanol–water partition coefficient (Wildman–Crippen LogP) is 2.74. The van der Waals surface area contributed by atoms with E-state index in [0.29, 0.717) is 0 Å². The number of benzene rings is 1. The maximum absolute atomic E-state index is 12.5. The zero-order chi connectivity index (χ0) is 14.8. The maximum Gasteiger partial charge on any atom is 0.405 e. The number of nitrogens with zero attached hydrogens (tertiary/aromatic N) is 1. The third kappa shape index (κ3) is 4.04. The van der Waals surface area contributed by atoms with Crippen LogP contribution in [0.15, 0.2) is 18.2 Å². The number of carboxylic acid groups (broad SMARTS) is 1. The molecule has 0 spiro atoms. The van der Waals surface area contributed by atoms with Crippen LogP contribution in [0.5, 0.6) is 0 Å². The Morgan fingerprint density at radius 1 is 1.42 bits per heavy atom. The largest absolute Gasteiger partial charge is 0.478 e. The normalized spacial score (nSPS) is 11.7. The first-order valence-electron chi connectivity index (χ1n) is 5.58. The molecule has 19 heavy (non-hydrogen) atoms. The number of anilines is 2. The van der Waals surface area contributed by atoms with Gasteiger partial charge in [0.15, 0.2) is 0 Å². The molecular formula is C12H15F3N2O2. The van der Waals surface area contributed by atoms with E-state index in [9.17, 15) is 18.0 Å². The summed E-state index contributed by atoms with van der Waals surface area (Å²) in [6.45, 7) is 2.05. The van der Waals surface area contributed by atoms with Crippen LogP contribution in [0, 0.1) is 0 Å². The maximum atomic E-state index is 12.5. The van der Waals surface area contributed by atoms with Crippen LogP contribution in [0.1, 0.15) is 24.2 Å². The van der Waals surface area contributed by atoms with Gasteiger partial charge in [0.2, 0.25) is 0 Å². The number of hydrogen-bond donors (Lipinski definition) is 2. The number of nitrogens with two attached hydrogens (primary N) is 1. The molecule has 0 aliphatic rings. The summed E-state index contributed by atoms with van der Waals surface area (Å²) in [5.41, 5.74) is 5.47. The molecule has 0 bridgehead atoms. The van der Waals surface area contributed by atoms with Crippen molar-refractivity contribution in [2.45, 2.75) is 26.1 Å². The van der Waals surface area contributed by atoms with Crippen molar-refractivity contribution < 1.29 is 23.1 Å². The Balaban J connectivity index is 3.17. The number of carboxylic acids is 1. The van der Waals surface area contributed by atoms with Gasteiger partial charge >= 0.3 is 12.1 Å². The molecule has 0 aromatic heterocycles. The first-order valence-corrected chi connectivity index (χ1v) is 5.58. The number of aromatic carboxylic acids is 1. The summed E-state index contributed by atoms with van der Waals surface area (Å²) in [5, 5.41) is 8.92. The first-order chi connectivity index (χ1) is 8.61. The molecule has 0 radical (unpaired) electrons. The molecule has 0 unspecified atom stereocenters. The average Bonchev–Trinajstić information content (AvgIpc) is 2.25. The Kier molecular flexibility index (Phi) is 4.28. The van der Waals surface area contributed by atoms with Gasteiger partial charge in [0.05, 0.1) is 5.56 Å². The van der Waals surface area contributed by atoms with E-state index in [2.05, 4.69) is 0 Å². The second-order valence-corrected chi connectivity index (χ2v) is 4.41. The van der Waals surface area contributed by atoms with Crippen molar-refractivity contribution in [3.63, 3.8) is 0 Å². The predicted molar refractivity (Wildman–Crippen MR) is 66.4 cm³/mol. The lowest BCUT2D eigenvalue weighted by atomic mass is 10.1. The Morgan fingerprint density at radius 3 is 2.42 bits per heavy atom. The molecule has 1 rings (SSSR count). The number of halogens is 3. The SMILES string of the molecule is CC(C)N(CC(F)(F)F)c1ccc(N)c(C(=O)O)c1. The van der Waals surface area contributed by atoms with Gasteiger partial charge in [-0.3, -0.25) is 0 Å². The highest BCUT2D eigenvalue weighted by Gasteiger charge is 2.32. The fourth-order valence-corrected chi connectivity index (χ4v) is 1.67. The molecule has 0 aliphatic heterocycles. The van der Waals surface area contributed by atoms with Crippen molar-refractivity contribution >= 4 is 17.3 Å². The van der Waals surface area contributed by atoms with Gasteiger partial charge in [-0.1, -0.05) is 0 Å². The van der Waals surface area contributed by atoms with Gasteiger partial charge in [-0.25, -0.2) is 4.79 Å². The quantitative estimate of drug-likeness (QED) is 0.830. The summed E-state index contributed by atoms with van der Waals surface area (Å²) in [5.74, 6) is -1.27. The lowest BCUT2D eigenvalue weighted by molar-refractivity contribution is -0.120. The van der Waals surface area contributed by atoms with Crippen molar-refractivity contribution in [1.82, 2.24) is 0 Å². The summed E-state index contributed by atoms with van der Waals surface area (Å²) in [7, 11) is 0. The molecule has 3 N–H and O–H groups in total. The van der Waals surface area contributed by atoms with E-state index in [4.69, 9.17) is 10.8 Å². The van der Waals surface area contributed by atoms with Crippen LogP contribution in [0.3, 0.4) is 0 Å². The Labute approximate surface area is 108 Å². The van der Waals surface area contributed by atoms with E-state index in [1.54, 1.807) is 13.8 Å². The zero-order valence-electron chi connectivity index (χ0n) is 10.5. The lowest BCUT2D eigenvalue weighted by Crippen LogP contribution is -2.39. The summed E-state index contributed by atoms with van der Waals surface area (Å²) < 4.78 is 37.5. The minimum absolute atomic E-state index is 0.0203. The highest BCUT2D eigenvalue weighted by molar-refractivity contribution is 5.94. The molecule has 0 saturated carbocycles. The summed E-state index contributed by atoms with van der Waals surface area (Å²) in [4.78, 5) is 12.0. The summed E-state index contributed by atoms with van der Waals surface area (Å²) >= 11 is 0. The summed E-state index contributed by atoms with van der Waals surface area (Å²) in [6.07, 6.45) is -4.37. The number of carbonyl (C=O) groups is 1. The van der Waals surface area contributed by atoms with Gasteiger partial charge in [-0.2, -0.15) is 13.2 Å². The third-order valence-electron chi connectivity index (χ3n) is 2.57. The monoisotopic (exact) mass is 276 g/mol. The summed E-state index contributed by atoms with van der Waals surface area (Å²) in [6, 6.07) is 3.41. The second-order valence-electron chi connectivity index (χ2n) is 4.41. The number of alkyl halides is 3. The van der Waals surface area contributed by atoms with Gasteiger partial charge in [0.25, 0.3) is 0 Å². The first kappa shape index (κ1) is 15.1. The minimum atomic E-state index is -4.37. The van der Waals surface area contributed by atoms with Gasteiger partial charge < -0.3 is 15.7 Å². The topological polar surface area (TPSA) is 66.6 Å². The van der Waals surface area contributed by atoms with Crippen molar-refractivity contribution in [2.24, 2.45) is 0 Å². The molecule has 7 heteroatoms. The molecule has 0 amide bonds. The fraction of sp³-hybridized carbons (Fsp3) is 0.417. The second kappa shape index (κ2) is 5.38. The number of rotatable bonds is 4. The molecule has 0 heterocycles. The fourth-order valence-electron chi connectivity index (χ4n) is 1.67. The standard InChI is InChI=1S/C12H15F3N2O2/c1-7(2)17(6-12(13,14)15)8-3-4-10(16)9(5-8)11(18)19/h3-5,7H,6,16H2,1-2H3,(H,18,19). The van der Waals surface area contributed by atoms with Crippen LogP contribution in [-0.2, 0) is 0 Å². The number of nitrogen functional groups attached to an aromatic ring is 1. The molecule has 0 atom stereocenters. The van der Waals surface area contributed by atoms with E-state index in [0.717, 1.165) is 11.0 Å². The Hall–Kier alpha value is -1.92. The van der Waals surface area contributed by atoms with Gasteiger partial charge in [-0.15, -0.1) is 0 Å². The van der Waals surface area contributed by atoms with Crippen molar-refractivity contribution in [3.05, 3.63) is 23.8 Å². The van der Waals surface area contributed by atoms with Gasteiger partial charge in [0, 0.05) is 17.4 Å². The Bertz CT molecular complexity index is 473. The van der Waals surface area contributed by atoms with Crippen LogP contribution < -0.4 is 10.6 Å². The minimum Gasteiger partial charge on any atom is -0.478 e. The molecule has 0 fully saturated rings. The van der Waals surface area contributed by atoms with Crippen LogP contribution in [0.4, 0.5) is 24.5 Å². The van der Waals surface area contributed by atoms with Crippen LogP contribution in [-0.4, -0.2) is 29.8 Å². The Morgan fingerprint density at radius 2 is 2.00 bits per heavy atom. The van der Waals surface area contributed by atoms with Gasteiger partial charge in [0.1, 0.15) is 6.54 Å². The molecule has 0 saturated heterocycles.